The first-order chi connectivity index (χ1) is 11.1. The molecule has 0 saturated heterocycles. The van der Waals surface area contributed by atoms with Gasteiger partial charge in [-0.3, -0.25) is 14.8 Å². The molecule has 0 fully saturated rings. The average Bonchev–Trinajstić information content (AvgIpc) is 2.50. The Morgan fingerprint density at radius 1 is 1.08 bits per heavy atom. The highest BCUT2D eigenvalue weighted by atomic mass is 32.2. The minimum absolute atomic E-state index is 0.0800. The Bertz CT molecular complexity index is 856. The van der Waals surface area contributed by atoms with Gasteiger partial charge in [0.15, 0.2) is 0 Å². The number of nitrogens with one attached hydrogen (secondary N) is 1. The maximum atomic E-state index is 12.5. The first-order valence-electron chi connectivity index (χ1n) is 6.91. The minimum Gasteiger partial charge on any atom is -0.347 e. The molecule has 1 N–H and O–H groups in total. The van der Waals surface area contributed by atoms with E-state index in [1.54, 1.807) is 32.8 Å². The summed E-state index contributed by atoms with van der Waals surface area (Å²) in [6.07, 6.45) is 0. The minimum atomic E-state index is -3.90. The molecule has 0 aliphatic rings. The lowest BCUT2D eigenvalue weighted by Gasteiger charge is -2.16. The summed E-state index contributed by atoms with van der Waals surface area (Å²) in [6.45, 7) is 3.35. The van der Waals surface area contributed by atoms with Crippen molar-refractivity contribution in [1.29, 1.82) is 0 Å². The number of nitro benzene ring substituents is 1. The summed E-state index contributed by atoms with van der Waals surface area (Å²) in [5.74, 6) is 0.475. The molecule has 0 spiro atoms. The number of aromatic nitrogens is 2. The molecule has 9 nitrogen and oxygen atoms in total. The number of sulfonamides is 1. The fraction of sp³-hybridized carbons (Fsp3) is 0.286. The molecule has 0 aliphatic carbocycles. The maximum absolute atomic E-state index is 12.5. The van der Waals surface area contributed by atoms with Crippen LogP contribution >= 0.6 is 0 Å². The maximum Gasteiger partial charge on any atom is 0.269 e. The second-order valence-corrected chi connectivity index (χ2v) is 7.00. The Balaban J connectivity index is 2.37. The van der Waals surface area contributed by atoms with Crippen molar-refractivity contribution in [2.24, 2.45) is 0 Å². The Morgan fingerprint density at radius 3 is 2.00 bits per heavy atom. The molecule has 24 heavy (non-hydrogen) atoms. The number of nitro groups is 1. The van der Waals surface area contributed by atoms with E-state index in [2.05, 4.69) is 14.7 Å². The Morgan fingerprint density at radius 2 is 1.58 bits per heavy atom. The molecule has 0 saturated carbocycles. The number of hydrogen-bond acceptors (Lipinski definition) is 7. The molecule has 2 rings (SSSR count). The molecule has 128 valence electrons. The summed E-state index contributed by atoms with van der Waals surface area (Å²) in [5.41, 5.74) is 1.08. The highest BCUT2D eigenvalue weighted by Crippen LogP contribution is 2.24. The number of anilines is 2. The van der Waals surface area contributed by atoms with Crippen LogP contribution in [0.5, 0.6) is 0 Å². The van der Waals surface area contributed by atoms with Crippen molar-refractivity contribution in [3.63, 3.8) is 0 Å². The van der Waals surface area contributed by atoms with Gasteiger partial charge in [-0.05, 0) is 26.0 Å². The van der Waals surface area contributed by atoms with Crippen LogP contribution in [0.15, 0.2) is 29.2 Å². The van der Waals surface area contributed by atoms with Crippen molar-refractivity contribution in [2.45, 2.75) is 18.7 Å². The van der Waals surface area contributed by atoms with Gasteiger partial charge in [0.1, 0.15) is 0 Å². The summed E-state index contributed by atoms with van der Waals surface area (Å²) in [5, 5.41) is 10.6. The van der Waals surface area contributed by atoms with E-state index in [1.807, 2.05) is 0 Å². The third-order valence-corrected chi connectivity index (χ3v) is 4.62. The van der Waals surface area contributed by atoms with Gasteiger partial charge < -0.3 is 4.90 Å². The van der Waals surface area contributed by atoms with E-state index < -0.39 is 14.9 Å². The molecule has 0 radical (unpaired) electrons. The molecule has 1 aromatic carbocycles. The van der Waals surface area contributed by atoms with Crippen LogP contribution in [0.4, 0.5) is 17.3 Å². The van der Waals surface area contributed by atoms with E-state index in [9.17, 15) is 18.5 Å². The van der Waals surface area contributed by atoms with Crippen LogP contribution in [-0.4, -0.2) is 37.4 Å². The number of non-ortho nitro benzene ring substituents is 1. The Hall–Kier alpha value is -2.75. The number of hydrogen-bond donors (Lipinski definition) is 1. The summed E-state index contributed by atoms with van der Waals surface area (Å²) >= 11 is 0. The lowest BCUT2D eigenvalue weighted by molar-refractivity contribution is -0.384. The Labute approximate surface area is 139 Å². The van der Waals surface area contributed by atoms with Gasteiger partial charge in [-0.2, -0.15) is 0 Å². The summed E-state index contributed by atoms with van der Waals surface area (Å²) in [7, 11) is -0.327. The third-order valence-electron chi connectivity index (χ3n) is 3.25. The predicted octanol–water partition coefficient (Wildman–Crippen LogP) is 1.87. The van der Waals surface area contributed by atoms with Gasteiger partial charge in [0, 0.05) is 26.2 Å². The van der Waals surface area contributed by atoms with Gasteiger partial charge in [-0.1, -0.05) is 0 Å². The largest absolute Gasteiger partial charge is 0.347 e. The van der Waals surface area contributed by atoms with Gasteiger partial charge in [0.25, 0.3) is 15.7 Å². The molecule has 0 amide bonds. The van der Waals surface area contributed by atoms with E-state index in [-0.39, 0.29) is 10.6 Å². The zero-order valence-corrected chi connectivity index (χ0v) is 14.5. The SMILES string of the molecule is Cc1nc(N(C)C)nc(C)c1NS(=O)(=O)c1ccc([N+](=O)[O-])cc1. The number of aryl methyl sites for hydroxylation is 2. The lowest BCUT2D eigenvalue weighted by atomic mass is 10.3. The molecule has 10 heteroatoms. The third kappa shape index (κ3) is 3.59. The van der Waals surface area contributed by atoms with Crippen molar-refractivity contribution in [3.8, 4) is 0 Å². The van der Waals surface area contributed by atoms with Gasteiger partial charge in [-0.15, -0.1) is 0 Å². The zero-order valence-electron chi connectivity index (χ0n) is 13.6. The van der Waals surface area contributed by atoms with Gasteiger partial charge in [0.2, 0.25) is 5.95 Å². The van der Waals surface area contributed by atoms with Crippen LogP contribution < -0.4 is 9.62 Å². The molecule has 0 atom stereocenters. The number of rotatable bonds is 5. The summed E-state index contributed by atoms with van der Waals surface area (Å²) in [4.78, 5) is 20.2. The highest BCUT2D eigenvalue weighted by molar-refractivity contribution is 7.92. The molecule has 0 bridgehead atoms. The molecular formula is C14H17N5O4S. The zero-order chi connectivity index (χ0) is 18.1. The van der Waals surface area contributed by atoms with E-state index in [1.165, 1.54) is 12.1 Å². The fourth-order valence-electron chi connectivity index (χ4n) is 1.99. The van der Waals surface area contributed by atoms with Crippen molar-refractivity contribution >= 4 is 27.3 Å². The quantitative estimate of drug-likeness (QED) is 0.645. The normalized spacial score (nSPS) is 11.2. The van der Waals surface area contributed by atoms with Crippen LogP contribution in [0.2, 0.25) is 0 Å². The van der Waals surface area contributed by atoms with E-state index in [0.29, 0.717) is 23.0 Å². The monoisotopic (exact) mass is 351 g/mol. The highest BCUT2D eigenvalue weighted by Gasteiger charge is 2.19. The smallest absolute Gasteiger partial charge is 0.269 e. The molecule has 0 aliphatic heterocycles. The molecule has 2 aromatic rings. The molecule has 0 unspecified atom stereocenters. The molecular weight excluding hydrogens is 334 g/mol. The van der Waals surface area contributed by atoms with Crippen LogP contribution in [0.1, 0.15) is 11.4 Å². The number of benzene rings is 1. The van der Waals surface area contributed by atoms with E-state index in [0.717, 1.165) is 12.1 Å². The second-order valence-electron chi connectivity index (χ2n) is 5.32. The van der Waals surface area contributed by atoms with Gasteiger partial charge >= 0.3 is 0 Å². The second kappa shape index (κ2) is 6.40. The van der Waals surface area contributed by atoms with E-state index >= 15 is 0 Å². The van der Waals surface area contributed by atoms with Crippen LogP contribution in [0.25, 0.3) is 0 Å². The topological polar surface area (TPSA) is 118 Å². The summed E-state index contributed by atoms with van der Waals surface area (Å²) in [6, 6.07) is 4.64. The van der Waals surface area contributed by atoms with Crippen LogP contribution in [-0.2, 0) is 10.0 Å². The summed E-state index contributed by atoms with van der Waals surface area (Å²) < 4.78 is 27.4. The number of nitrogens with zero attached hydrogens (tertiary/aromatic N) is 4. The lowest BCUT2D eigenvalue weighted by Crippen LogP contribution is -2.18. The standard InChI is InChI=1S/C14H17N5O4S/c1-9-13(10(2)16-14(15-9)18(3)4)17-24(22,23)12-7-5-11(6-8-12)19(20)21/h5-8,17H,1-4H3. The van der Waals surface area contributed by atoms with E-state index in [4.69, 9.17) is 0 Å². The van der Waals surface area contributed by atoms with Crippen molar-refractivity contribution in [1.82, 2.24) is 9.97 Å². The molecule has 1 heterocycles. The fourth-order valence-corrected chi connectivity index (χ4v) is 3.16. The van der Waals surface area contributed by atoms with Crippen molar-refractivity contribution in [2.75, 3.05) is 23.7 Å². The van der Waals surface area contributed by atoms with Crippen molar-refractivity contribution < 1.29 is 13.3 Å². The predicted molar refractivity (Wildman–Crippen MR) is 89.7 cm³/mol. The van der Waals surface area contributed by atoms with Crippen molar-refractivity contribution in [3.05, 3.63) is 45.8 Å². The first-order valence-corrected chi connectivity index (χ1v) is 8.40. The van der Waals surface area contributed by atoms with Crippen LogP contribution in [0, 0.1) is 24.0 Å². The first kappa shape index (κ1) is 17.6. The van der Waals surface area contributed by atoms with Crippen LogP contribution in [0.3, 0.4) is 0 Å². The molecule has 1 aromatic heterocycles. The van der Waals surface area contributed by atoms with Gasteiger partial charge in [-0.25, -0.2) is 18.4 Å². The van der Waals surface area contributed by atoms with Gasteiger partial charge in [0.05, 0.1) is 26.9 Å². The Kier molecular flexibility index (Phi) is 4.69. The average molecular weight is 351 g/mol.